The first-order valence-corrected chi connectivity index (χ1v) is 8.83. The lowest BCUT2D eigenvalue weighted by atomic mass is 9.93. The van der Waals surface area contributed by atoms with E-state index in [1.807, 2.05) is 6.92 Å². The van der Waals surface area contributed by atoms with Crippen molar-refractivity contribution in [2.24, 2.45) is 5.92 Å². The number of piperidine rings is 1. The SMILES string of the molecule is CCN(CCC1CCN(Cc2ccccc2)CC1)C(=O)[C@H](C)O. The predicted octanol–water partition coefficient (Wildman–Crippen LogP) is 2.52. The van der Waals surface area contributed by atoms with Crippen molar-refractivity contribution < 1.29 is 9.90 Å². The van der Waals surface area contributed by atoms with Crippen molar-refractivity contribution in [3.63, 3.8) is 0 Å². The van der Waals surface area contributed by atoms with Crippen molar-refractivity contribution in [2.75, 3.05) is 26.2 Å². The summed E-state index contributed by atoms with van der Waals surface area (Å²) in [6.07, 6.45) is 2.56. The number of aliphatic hydroxyl groups excluding tert-OH is 1. The van der Waals surface area contributed by atoms with Crippen LogP contribution in [0.15, 0.2) is 30.3 Å². The van der Waals surface area contributed by atoms with Crippen molar-refractivity contribution in [2.45, 2.75) is 45.8 Å². The summed E-state index contributed by atoms with van der Waals surface area (Å²) in [5.74, 6) is 0.548. The molecule has 1 aliphatic rings. The summed E-state index contributed by atoms with van der Waals surface area (Å²) in [6, 6.07) is 10.6. The van der Waals surface area contributed by atoms with Gasteiger partial charge in [0.05, 0.1) is 0 Å². The molecule has 1 fully saturated rings. The highest BCUT2D eigenvalue weighted by atomic mass is 16.3. The van der Waals surface area contributed by atoms with Crippen LogP contribution in [0.2, 0.25) is 0 Å². The number of likely N-dealkylation sites (N-methyl/N-ethyl adjacent to an activating group) is 1. The second-order valence-corrected chi connectivity index (χ2v) is 6.59. The fourth-order valence-electron chi connectivity index (χ4n) is 3.30. The number of amides is 1. The highest BCUT2D eigenvalue weighted by Gasteiger charge is 2.22. The molecule has 1 heterocycles. The molecular formula is C19H30N2O2. The number of hydrogen-bond donors (Lipinski definition) is 1. The molecule has 0 bridgehead atoms. The van der Waals surface area contributed by atoms with Gasteiger partial charge in [-0.25, -0.2) is 0 Å². The summed E-state index contributed by atoms with van der Waals surface area (Å²) in [5, 5.41) is 9.44. The molecule has 2 rings (SSSR count). The molecule has 1 N–H and O–H groups in total. The number of likely N-dealkylation sites (tertiary alicyclic amines) is 1. The molecular weight excluding hydrogens is 288 g/mol. The molecule has 1 aliphatic heterocycles. The fourth-order valence-corrected chi connectivity index (χ4v) is 3.30. The molecule has 4 nitrogen and oxygen atoms in total. The zero-order chi connectivity index (χ0) is 16.7. The van der Waals surface area contributed by atoms with Crippen molar-refractivity contribution in [3.8, 4) is 0 Å². The first-order valence-electron chi connectivity index (χ1n) is 8.83. The summed E-state index contributed by atoms with van der Waals surface area (Å²) in [4.78, 5) is 16.2. The molecule has 4 heteroatoms. The van der Waals surface area contributed by atoms with Gasteiger partial charge in [0.2, 0.25) is 0 Å². The molecule has 1 aromatic carbocycles. The third-order valence-corrected chi connectivity index (χ3v) is 4.81. The number of hydrogen-bond acceptors (Lipinski definition) is 3. The van der Waals surface area contributed by atoms with Gasteiger partial charge in [0.15, 0.2) is 0 Å². The van der Waals surface area contributed by atoms with Crippen LogP contribution in [0.3, 0.4) is 0 Å². The highest BCUT2D eigenvalue weighted by Crippen LogP contribution is 2.22. The number of nitrogens with zero attached hydrogens (tertiary/aromatic N) is 2. The Morgan fingerprint density at radius 2 is 1.96 bits per heavy atom. The van der Waals surface area contributed by atoms with Gasteiger partial charge in [0.25, 0.3) is 5.91 Å². The van der Waals surface area contributed by atoms with E-state index in [0.717, 1.165) is 32.6 Å². The largest absolute Gasteiger partial charge is 0.384 e. The molecule has 0 unspecified atom stereocenters. The number of aliphatic hydroxyl groups is 1. The first kappa shape index (κ1) is 18.0. The van der Waals surface area contributed by atoms with Crippen molar-refractivity contribution in [1.82, 2.24) is 9.80 Å². The second-order valence-electron chi connectivity index (χ2n) is 6.59. The normalized spacial score (nSPS) is 17.9. The molecule has 1 atom stereocenters. The zero-order valence-electron chi connectivity index (χ0n) is 14.4. The summed E-state index contributed by atoms with van der Waals surface area (Å²) in [7, 11) is 0. The van der Waals surface area contributed by atoms with E-state index < -0.39 is 6.10 Å². The van der Waals surface area contributed by atoms with E-state index in [1.165, 1.54) is 18.4 Å². The average Bonchev–Trinajstić information content (AvgIpc) is 2.57. The van der Waals surface area contributed by atoms with Crippen molar-refractivity contribution >= 4 is 5.91 Å². The van der Waals surface area contributed by atoms with E-state index in [4.69, 9.17) is 0 Å². The van der Waals surface area contributed by atoms with Gasteiger partial charge in [0.1, 0.15) is 6.10 Å². The van der Waals surface area contributed by atoms with Gasteiger partial charge >= 0.3 is 0 Å². The number of carbonyl (C=O) groups excluding carboxylic acids is 1. The Hall–Kier alpha value is -1.39. The number of carbonyl (C=O) groups is 1. The second kappa shape index (κ2) is 9.04. The third kappa shape index (κ3) is 5.63. The van der Waals surface area contributed by atoms with Crippen LogP contribution in [0.25, 0.3) is 0 Å². The monoisotopic (exact) mass is 318 g/mol. The molecule has 1 aromatic rings. The van der Waals surface area contributed by atoms with Crippen LogP contribution in [0.1, 0.15) is 38.7 Å². The van der Waals surface area contributed by atoms with Crippen LogP contribution in [-0.4, -0.2) is 53.1 Å². The first-order chi connectivity index (χ1) is 11.1. The van der Waals surface area contributed by atoms with Crippen LogP contribution in [0.5, 0.6) is 0 Å². The lowest BCUT2D eigenvalue weighted by molar-refractivity contribution is -0.139. The Kier molecular flexibility index (Phi) is 7.06. The quantitative estimate of drug-likeness (QED) is 0.840. The standard InChI is InChI=1S/C19H30N2O2/c1-3-21(19(23)16(2)22)14-11-17-9-12-20(13-10-17)15-18-7-5-4-6-8-18/h4-8,16-17,22H,3,9-15H2,1-2H3/t16-/m0/s1. The van der Waals surface area contributed by atoms with Gasteiger partial charge in [0, 0.05) is 19.6 Å². The van der Waals surface area contributed by atoms with E-state index in [-0.39, 0.29) is 5.91 Å². The van der Waals surface area contributed by atoms with Crippen molar-refractivity contribution in [1.29, 1.82) is 0 Å². The lowest BCUT2D eigenvalue weighted by Gasteiger charge is -2.33. The topological polar surface area (TPSA) is 43.8 Å². The van der Waals surface area contributed by atoms with Crippen LogP contribution in [-0.2, 0) is 11.3 Å². The highest BCUT2D eigenvalue weighted by molar-refractivity contribution is 5.80. The Morgan fingerprint density at radius 1 is 1.30 bits per heavy atom. The lowest BCUT2D eigenvalue weighted by Crippen LogP contribution is -2.40. The Balaban J connectivity index is 1.71. The number of benzene rings is 1. The van der Waals surface area contributed by atoms with Gasteiger partial charge in [-0.2, -0.15) is 0 Å². The molecule has 0 saturated carbocycles. The average molecular weight is 318 g/mol. The van der Waals surface area contributed by atoms with Crippen LogP contribution in [0, 0.1) is 5.92 Å². The molecule has 0 aliphatic carbocycles. The van der Waals surface area contributed by atoms with Gasteiger partial charge in [-0.3, -0.25) is 9.69 Å². The molecule has 1 saturated heterocycles. The Morgan fingerprint density at radius 3 is 2.52 bits per heavy atom. The Bertz CT molecular complexity index is 468. The van der Waals surface area contributed by atoms with E-state index in [2.05, 4.69) is 35.2 Å². The molecule has 23 heavy (non-hydrogen) atoms. The molecule has 0 aromatic heterocycles. The maximum atomic E-state index is 11.9. The summed E-state index contributed by atoms with van der Waals surface area (Å²) < 4.78 is 0. The van der Waals surface area contributed by atoms with E-state index in [0.29, 0.717) is 12.5 Å². The maximum absolute atomic E-state index is 11.9. The van der Waals surface area contributed by atoms with Gasteiger partial charge in [-0.15, -0.1) is 0 Å². The summed E-state index contributed by atoms with van der Waals surface area (Å²) in [5.41, 5.74) is 1.38. The fraction of sp³-hybridized carbons (Fsp3) is 0.632. The predicted molar refractivity (Wildman–Crippen MR) is 93.0 cm³/mol. The minimum atomic E-state index is -0.886. The van der Waals surface area contributed by atoms with Crippen molar-refractivity contribution in [3.05, 3.63) is 35.9 Å². The van der Waals surface area contributed by atoms with E-state index >= 15 is 0 Å². The third-order valence-electron chi connectivity index (χ3n) is 4.81. The van der Waals surface area contributed by atoms with E-state index in [9.17, 15) is 9.90 Å². The van der Waals surface area contributed by atoms with E-state index in [1.54, 1.807) is 11.8 Å². The van der Waals surface area contributed by atoms with Gasteiger partial charge < -0.3 is 10.0 Å². The molecule has 128 valence electrons. The summed E-state index contributed by atoms with van der Waals surface area (Å²) >= 11 is 0. The molecule has 0 spiro atoms. The zero-order valence-corrected chi connectivity index (χ0v) is 14.4. The number of rotatable bonds is 7. The van der Waals surface area contributed by atoms with Crippen LogP contribution < -0.4 is 0 Å². The maximum Gasteiger partial charge on any atom is 0.251 e. The van der Waals surface area contributed by atoms with Gasteiger partial charge in [-0.1, -0.05) is 30.3 Å². The van der Waals surface area contributed by atoms with Gasteiger partial charge in [-0.05, 0) is 57.7 Å². The summed E-state index contributed by atoms with van der Waals surface area (Å²) in [6.45, 7) is 8.28. The molecule has 0 radical (unpaired) electrons. The smallest absolute Gasteiger partial charge is 0.251 e. The minimum Gasteiger partial charge on any atom is -0.384 e. The molecule has 1 amide bonds. The van der Waals surface area contributed by atoms with Crippen LogP contribution >= 0.6 is 0 Å². The minimum absolute atomic E-state index is 0.144. The van der Waals surface area contributed by atoms with Crippen LogP contribution in [0.4, 0.5) is 0 Å². The Labute approximate surface area is 140 Å².